The molecule has 4 rings (SSSR count). The van der Waals surface area contributed by atoms with Crippen molar-refractivity contribution >= 4 is 40.5 Å². The zero-order chi connectivity index (χ0) is 22.5. The zero-order valence-corrected chi connectivity index (χ0v) is 18.6. The van der Waals surface area contributed by atoms with Gasteiger partial charge in [0.15, 0.2) is 0 Å². The molecule has 1 N–H and O–H groups in total. The predicted molar refractivity (Wildman–Crippen MR) is 131 cm³/mol. The van der Waals surface area contributed by atoms with Gasteiger partial charge in [0, 0.05) is 16.5 Å². The van der Waals surface area contributed by atoms with E-state index in [4.69, 9.17) is 4.74 Å². The van der Waals surface area contributed by atoms with Crippen molar-refractivity contribution in [2.75, 3.05) is 11.1 Å². The van der Waals surface area contributed by atoms with Gasteiger partial charge in [0.05, 0.1) is 11.4 Å². The minimum absolute atomic E-state index is 0.00577. The molecule has 0 saturated heterocycles. The summed E-state index contributed by atoms with van der Waals surface area (Å²) in [7, 11) is 0. The molecule has 1 aliphatic rings. The molecule has 3 aromatic carbocycles. The molecule has 1 aliphatic heterocycles. The smallest absolute Gasteiger partial charge is 0.335 e. The normalized spacial score (nSPS) is 13.5. The summed E-state index contributed by atoms with van der Waals surface area (Å²) in [6.45, 7) is 5.64. The zero-order valence-electron chi connectivity index (χ0n) is 17.8. The Balaban J connectivity index is 1.96. The third kappa shape index (κ3) is 4.53. The van der Waals surface area contributed by atoms with Crippen molar-refractivity contribution in [2.45, 2.75) is 18.2 Å². The number of carbonyl (C=O) groups is 2. The molecular weight excluding hydrogens is 418 g/mol. The van der Waals surface area contributed by atoms with Crippen LogP contribution in [0.1, 0.15) is 30.0 Å². The van der Waals surface area contributed by atoms with E-state index in [0.29, 0.717) is 11.5 Å². The average Bonchev–Trinajstić information content (AvgIpc) is 2.83. The number of fused-ring (bicyclic) bond motifs is 1. The minimum Gasteiger partial charge on any atom is -0.423 e. The Morgan fingerprint density at radius 1 is 1.06 bits per heavy atom. The molecule has 0 fully saturated rings. The van der Waals surface area contributed by atoms with Crippen molar-refractivity contribution in [3.8, 4) is 5.75 Å². The summed E-state index contributed by atoms with van der Waals surface area (Å²) in [5, 5.41) is 2.93. The number of hydrogen-bond acceptors (Lipinski definition) is 4. The van der Waals surface area contributed by atoms with E-state index in [-0.39, 0.29) is 5.91 Å². The molecule has 0 aliphatic carbocycles. The summed E-state index contributed by atoms with van der Waals surface area (Å²) >= 11 is 1.52. The summed E-state index contributed by atoms with van der Waals surface area (Å²) in [6, 6.07) is 23.8. The van der Waals surface area contributed by atoms with Gasteiger partial charge in [0.2, 0.25) is 5.91 Å². The molecule has 1 heterocycles. The molecule has 1 amide bonds. The van der Waals surface area contributed by atoms with Crippen LogP contribution >= 0.6 is 11.8 Å². The van der Waals surface area contributed by atoms with Crippen LogP contribution in [0, 0.1) is 0 Å². The fourth-order valence-corrected chi connectivity index (χ4v) is 4.64. The highest BCUT2D eigenvalue weighted by Crippen LogP contribution is 2.41. The Morgan fingerprint density at radius 3 is 2.56 bits per heavy atom. The van der Waals surface area contributed by atoms with Crippen LogP contribution in [0.3, 0.4) is 0 Å². The van der Waals surface area contributed by atoms with Crippen LogP contribution in [0.25, 0.3) is 11.1 Å². The molecule has 3 aromatic rings. The molecule has 32 heavy (non-hydrogen) atoms. The van der Waals surface area contributed by atoms with E-state index >= 15 is 0 Å². The first-order valence-corrected chi connectivity index (χ1v) is 11.4. The van der Waals surface area contributed by atoms with Gasteiger partial charge < -0.3 is 10.1 Å². The van der Waals surface area contributed by atoms with Crippen molar-refractivity contribution < 1.29 is 14.3 Å². The summed E-state index contributed by atoms with van der Waals surface area (Å²) in [6.07, 6.45) is 1.94. The third-order valence-corrected chi connectivity index (χ3v) is 6.27. The number of esters is 1. The van der Waals surface area contributed by atoms with Crippen LogP contribution in [0.5, 0.6) is 5.75 Å². The Labute approximate surface area is 192 Å². The lowest BCUT2D eigenvalue weighted by Crippen LogP contribution is -2.18. The summed E-state index contributed by atoms with van der Waals surface area (Å²) in [4.78, 5) is 24.8. The largest absolute Gasteiger partial charge is 0.423 e. The molecule has 0 spiro atoms. The van der Waals surface area contributed by atoms with Crippen LogP contribution in [0.4, 0.5) is 5.69 Å². The van der Waals surface area contributed by atoms with Gasteiger partial charge in [-0.15, -0.1) is 11.8 Å². The van der Waals surface area contributed by atoms with Gasteiger partial charge in [-0.3, -0.25) is 4.79 Å². The monoisotopic (exact) mass is 441 g/mol. The molecule has 5 heteroatoms. The first-order valence-electron chi connectivity index (χ1n) is 10.4. The van der Waals surface area contributed by atoms with Gasteiger partial charge >= 0.3 is 5.97 Å². The van der Waals surface area contributed by atoms with Crippen LogP contribution < -0.4 is 10.1 Å². The van der Waals surface area contributed by atoms with Gasteiger partial charge in [0.25, 0.3) is 0 Å². The number of thioether (sulfide) groups is 1. The van der Waals surface area contributed by atoms with Crippen LogP contribution in [-0.4, -0.2) is 17.6 Å². The fraction of sp³-hybridized carbons (Fsp3) is 0.111. The van der Waals surface area contributed by atoms with E-state index in [0.717, 1.165) is 50.9 Å². The van der Waals surface area contributed by atoms with Crippen molar-refractivity contribution in [1.29, 1.82) is 0 Å². The van der Waals surface area contributed by atoms with Gasteiger partial charge in [0.1, 0.15) is 5.75 Å². The molecule has 4 nitrogen and oxygen atoms in total. The van der Waals surface area contributed by atoms with Crippen molar-refractivity contribution in [1.82, 2.24) is 0 Å². The van der Waals surface area contributed by atoms with Crippen molar-refractivity contribution in [2.24, 2.45) is 0 Å². The predicted octanol–water partition coefficient (Wildman–Crippen LogP) is 6.19. The van der Waals surface area contributed by atoms with Gasteiger partial charge in [-0.1, -0.05) is 68.1 Å². The van der Waals surface area contributed by atoms with E-state index in [1.54, 1.807) is 6.07 Å². The van der Waals surface area contributed by atoms with E-state index in [9.17, 15) is 9.59 Å². The first-order chi connectivity index (χ1) is 15.6. The second-order valence-corrected chi connectivity index (χ2v) is 8.26. The fourth-order valence-electron chi connectivity index (χ4n) is 3.80. The second kappa shape index (κ2) is 9.71. The van der Waals surface area contributed by atoms with Crippen molar-refractivity contribution in [3.05, 3.63) is 102 Å². The van der Waals surface area contributed by atoms with E-state index in [1.165, 1.54) is 11.8 Å². The standard InChI is InChI=1S/C27H23NO3S/c1-3-20(18-10-6-5-7-11-18)27(21-12-8-9-13-23(21)31-26(30)4-2)19-14-15-22-24(16-19)32-17-25(29)28-22/h4-16H,2-3,17H2,1H3,(H,28,29)/b27-20+. The number of para-hydroxylation sites is 1. The second-order valence-electron chi connectivity index (χ2n) is 7.24. The van der Waals surface area contributed by atoms with Gasteiger partial charge in [-0.2, -0.15) is 0 Å². The number of nitrogens with one attached hydrogen (secondary N) is 1. The maximum Gasteiger partial charge on any atom is 0.335 e. The van der Waals surface area contributed by atoms with E-state index < -0.39 is 5.97 Å². The Hall–Kier alpha value is -3.57. The average molecular weight is 442 g/mol. The Morgan fingerprint density at radius 2 is 1.81 bits per heavy atom. The molecule has 0 aromatic heterocycles. The van der Waals surface area contributed by atoms with E-state index in [2.05, 4.69) is 37.0 Å². The molecular formula is C27H23NO3S. The molecule has 160 valence electrons. The number of ether oxygens (including phenoxy) is 1. The number of amides is 1. The molecule has 0 saturated carbocycles. The number of rotatable bonds is 6. The lowest BCUT2D eigenvalue weighted by molar-refractivity contribution is -0.129. The van der Waals surface area contributed by atoms with Crippen LogP contribution in [0.2, 0.25) is 0 Å². The number of hydrogen-bond donors (Lipinski definition) is 1. The highest BCUT2D eigenvalue weighted by Gasteiger charge is 2.21. The summed E-state index contributed by atoms with van der Waals surface area (Å²) in [5.41, 5.74) is 5.87. The Bertz CT molecular complexity index is 1210. The quantitative estimate of drug-likeness (QED) is 0.214. The lowest BCUT2D eigenvalue weighted by Gasteiger charge is -2.21. The molecule has 0 radical (unpaired) electrons. The Kier molecular flexibility index (Phi) is 6.57. The molecule has 0 bridgehead atoms. The maximum atomic E-state index is 12.0. The van der Waals surface area contributed by atoms with E-state index in [1.807, 2.05) is 48.5 Å². The maximum absolute atomic E-state index is 12.0. The van der Waals surface area contributed by atoms with Crippen LogP contribution in [0.15, 0.2) is 90.3 Å². The molecule has 0 unspecified atom stereocenters. The third-order valence-electron chi connectivity index (χ3n) is 5.21. The number of allylic oxidation sites excluding steroid dienone is 1. The minimum atomic E-state index is -0.502. The summed E-state index contributed by atoms with van der Waals surface area (Å²) in [5.74, 6) is 0.375. The van der Waals surface area contributed by atoms with Crippen LogP contribution in [-0.2, 0) is 9.59 Å². The summed E-state index contributed by atoms with van der Waals surface area (Å²) < 4.78 is 5.60. The van der Waals surface area contributed by atoms with Gasteiger partial charge in [-0.05, 0) is 46.9 Å². The molecule has 0 atom stereocenters. The van der Waals surface area contributed by atoms with Gasteiger partial charge in [-0.25, -0.2) is 4.79 Å². The highest BCUT2D eigenvalue weighted by molar-refractivity contribution is 8.00. The first kappa shape index (κ1) is 21.7. The lowest BCUT2D eigenvalue weighted by atomic mass is 9.87. The highest BCUT2D eigenvalue weighted by atomic mass is 32.2. The number of benzene rings is 3. The van der Waals surface area contributed by atoms with Crippen molar-refractivity contribution in [3.63, 3.8) is 0 Å². The SMILES string of the molecule is C=CC(=O)Oc1ccccc1/C(=C(\CC)c1ccccc1)c1ccc2c(c1)SCC(=O)N2. The number of anilines is 1. The number of carbonyl (C=O) groups excluding carboxylic acids is 2. The topological polar surface area (TPSA) is 55.4 Å².